The van der Waals surface area contributed by atoms with E-state index in [4.69, 9.17) is 0 Å². The molecule has 5 nitrogen and oxygen atoms in total. The maximum atomic E-state index is 11.9. The van der Waals surface area contributed by atoms with Gasteiger partial charge in [-0.05, 0) is 25.7 Å². The Kier molecular flexibility index (Phi) is 2.99. The van der Waals surface area contributed by atoms with Crippen molar-refractivity contribution in [3.63, 3.8) is 0 Å². The topological polar surface area (TPSA) is 61.9 Å². The van der Waals surface area contributed by atoms with E-state index in [2.05, 4.69) is 15.2 Å². The lowest BCUT2D eigenvalue weighted by atomic mass is 9.85. The first kappa shape index (κ1) is 10.1. The molecule has 15 heavy (non-hydrogen) atoms. The summed E-state index contributed by atoms with van der Waals surface area (Å²) >= 11 is 0. The third-order valence-electron chi connectivity index (χ3n) is 2.99. The summed E-state index contributed by atoms with van der Waals surface area (Å²) in [6.07, 6.45) is 5.17. The van der Waals surface area contributed by atoms with Crippen molar-refractivity contribution in [2.75, 3.05) is 13.1 Å². The Bertz CT molecular complexity index is 318. The first-order valence-electron chi connectivity index (χ1n) is 5.46. The number of amides is 1. The van der Waals surface area contributed by atoms with Crippen molar-refractivity contribution in [3.8, 4) is 0 Å². The second kappa shape index (κ2) is 4.42. The maximum absolute atomic E-state index is 11.9. The van der Waals surface area contributed by atoms with Gasteiger partial charge in [-0.15, -0.1) is 0 Å². The fourth-order valence-corrected chi connectivity index (χ4v) is 1.80. The van der Waals surface area contributed by atoms with Crippen LogP contribution in [-0.2, 0) is 0 Å². The Morgan fingerprint density at radius 2 is 2.47 bits per heavy atom. The van der Waals surface area contributed by atoms with E-state index in [1.165, 1.54) is 25.6 Å². The lowest BCUT2D eigenvalue weighted by Gasteiger charge is -2.31. The first-order chi connectivity index (χ1) is 7.31. The molecule has 1 aliphatic rings. The van der Waals surface area contributed by atoms with E-state index in [-0.39, 0.29) is 5.91 Å². The van der Waals surface area contributed by atoms with E-state index < -0.39 is 0 Å². The highest BCUT2D eigenvalue weighted by atomic mass is 16.2. The molecule has 0 aliphatic heterocycles. The number of aromatic nitrogens is 3. The average molecular weight is 208 g/mol. The highest BCUT2D eigenvalue weighted by Crippen LogP contribution is 2.27. The molecule has 1 aromatic heterocycles. The molecule has 1 heterocycles. The molecule has 1 fully saturated rings. The third kappa shape index (κ3) is 2.16. The van der Waals surface area contributed by atoms with Crippen molar-refractivity contribution in [3.05, 3.63) is 12.2 Å². The summed E-state index contributed by atoms with van der Waals surface area (Å²) < 4.78 is 0. The van der Waals surface area contributed by atoms with Crippen LogP contribution in [0.5, 0.6) is 0 Å². The summed E-state index contributed by atoms with van der Waals surface area (Å²) in [6.45, 7) is 3.58. The fraction of sp³-hybridized carbons (Fsp3) is 0.700. The van der Waals surface area contributed by atoms with Crippen LogP contribution in [0.3, 0.4) is 0 Å². The van der Waals surface area contributed by atoms with Crippen LogP contribution in [0.1, 0.15) is 36.8 Å². The molecular weight excluding hydrogens is 192 g/mol. The molecule has 1 amide bonds. The Balaban J connectivity index is 1.96. The van der Waals surface area contributed by atoms with Crippen molar-refractivity contribution in [1.29, 1.82) is 0 Å². The molecule has 0 atom stereocenters. The Labute approximate surface area is 88.9 Å². The number of nitrogens with one attached hydrogen (secondary N) is 1. The first-order valence-corrected chi connectivity index (χ1v) is 5.46. The molecule has 0 aromatic carbocycles. The molecule has 1 N–H and O–H groups in total. The van der Waals surface area contributed by atoms with E-state index in [0.717, 1.165) is 13.1 Å². The van der Waals surface area contributed by atoms with Gasteiger partial charge in [-0.2, -0.15) is 5.10 Å². The van der Waals surface area contributed by atoms with Gasteiger partial charge in [0.25, 0.3) is 5.91 Å². The number of rotatable bonds is 4. The van der Waals surface area contributed by atoms with Crippen molar-refractivity contribution in [2.24, 2.45) is 5.92 Å². The van der Waals surface area contributed by atoms with Crippen molar-refractivity contribution >= 4 is 5.91 Å². The Morgan fingerprint density at radius 3 is 2.93 bits per heavy atom. The molecule has 5 heteroatoms. The number of carbonyl (C=O) groups is 1. The Hall–Kier alpha value is -1.39. The zero-order valence-corrected chi connectivity index (χ0v) is 8.94. The molecule has 0 unspecified atom stereocenters. The summed E-state index contributed by atoms with van der Waals surface area (Å²) in [6, 6.07) is 0. The predicted molar refractivity (Wildman–Crippen MR) is 55.3 cm³/mol. The van der Waals surface area contributed by atoms with Gasteiger partial charge in [-0.3, -0.25) is 9.89 Å². The fourth-order valence-electron chi connectivity index (χ4n) is 1.80. The second-order valence-electron chi connectivity index (χ2n) is 3.97. The van der Waals surface area contributed by atoms with Gasteiger partial charge < -0.3 is 4.90 Å². The molecule has 0 radical (unpaired) electrons. The van der Waals surface area contributed by atoms with Crippen LogP contribution in [0, 0.1) is 5.92 Å². The van der Waals surface area contributed by atoms with Gasteiger partial charge in [0.1, 0.15) is 6.33 Å². The molecule has 82 valence electrons. The van der Waals surface area contributed by atoms with Gasteiger partial charge in [0.15, 0.2) is 0 Å². The van der Waals surface area contributed by atoms with Gasteiger partial charge in [-0.1, -0.05) is 6.42 Å². The standard InChI is InChI=1S/C10H16N4O/c1-2-14(6-8-4-3-5-8)10(15)9-11-7-12-13-9/h7-8H,2-6H2,1H3,(H,11,12,13). The minimum Gasteiger partial charge on any atom is -0.336 e. The second-order valence-corrected chi connectivity index (χ2v) is 3.97. The van der Waals surface area contributed by atoms with E-state index in [1.54, 1.807) is 0 Å². The van der Waals surface area contributed by atoms with Gasteiger partial charge in [0.2, 0.25) is 5.82 Å². The molecule has 1 aliphatic carbocycles. The summed E-state index contributed by atoms with van der Waals surface area (Å²) in [7, 11) is 0. The van der Waals surface area contributed by atoms with E-state index in [9.17, 15) is 4.79 Å². The van der Waals surface area contributed by atoms with Crippen LogP contribution >= 0.6 is 0 Å². The number of H-pyrrole nitrogens is 1. The van der Waals surface area contributed by atoms with Gasteiger partial charge in [-0.25, -0.2) is 4.98 Å². The lowest BCUT2D eigenvalue weighted by molar-refractivity contribution is 0.0694. The number of hydrogen-bond donors (Lipinski definition) is 1. The normalized spacial score (nSPS) is 16.1. The molecule has 0 spiro atoms. The highest BCUT2D eigenvalue weighted by molar-refractivity contribution is 5.90. The van der Waals surface area contributed by atoms with Crippen LogP contribution in [-0.4, -0.2) is 39.1 Å². The number of nitrogens with zero attached hydrogens (tertiary/aromatic N) is 3. The monoisotopic (exact) mass is 208 g/mol. The van der Waals surface area contributed by atoms with Crippen LogP contribution in [0.4, 0.5) is 0 Å². The summed E-state index contributed by atoms with van der Waals surface area (Å²) in [5, 5.41) is 6.30. The van der Waals surface area contributed by atoms with Crippen LogP contribution < -0.4 is 0 Å². The Morgan fingerprint density at radius 1 is 1.67 bits per heavy atom. The van der Waals surface area contributed by atoms with Gasteiger partial charge >= 0.3 is 0 Å². The largest absolute Gasteiger partial charge is 0.336 e. The van der Waals surface area contributed by atoms with E-state index in [1.807, 2.05) is 11.8 Å². The molecule has 1 saturated carbocycles. The van der Waals surface area contributed by atoms with Crippen LogP contribution in [0.25, 0.3) is 0 Å². The molecular formula is C10H16N4O. The van der Waals surface area contributed by atoms with Crippen molar-refractivity contribution in [2.45, 2.75) is 26.2 Å². The van der Waals surface area contributed by atoms with Gasteiger partial charge in [0, 0.05) is 13.1 Å². The van der Waals surface area contributed by atoms with E-state index in [0.29, 0.717) is 11.7 Å². The minimum absolute atomic E-state index is 0.0399. The molecule has 2 rings (SSSR count). The summed E-state index contributed by atoms with van der Waals surface area (Å²) in [5.41, 5.74) is 0. The van der Waals surface area contributed by atoms with Crippen LogP contribution in [0.2, 0.25) is 0 Å². The number of aromatic amines is 1. The van der Waals surface area contributed by atoms with Crippen molar-refractivity contribution < 1.29 is 4.79 Å². The third-order valence-corrected chi connectivity index (χ3v) is 2.99. The predicted octanol–water partition coefficient (Wildman–Crippen LogP) is 1.07. The molecule has 0 bridgehead atoms. The van der Waals surface area contributed by atoms with Gasteiger partial charge in [0.05, 0.1) is 0 Å². The minimum atomic E-state index is -0.0399. The SMILES string of the molecule is CCN(CC1CCC1)C(=O)c1ncn[nH]1. The number of hydrogen-bond acceptors (Lipinski definition) is 3. The number of carbonyl (C=O) groups excluding carboxylic acids is 1. The molecule has 0 saturated heterocycles. The smallest absolute Gasteiger partial charge is 0.291 e. The van der Waals surface area contributed by atoms with Crippen molar-refractivity contribution in [1.82, 2.24) is 20.1 Å². The summed E-state index contributed by atoms with van der Waals surface area (Å²) in [4.78, 5) is 17.6. The molecule has 1 aromatic rings. The zero-order valence-electron chi connectivity index (χ0n) is 8.94. The average Bonchev–Trinajstić information content (AvgIpc) is 2.68. The maximum Gasteiger partial charge on any atom is 0.291 e. The highest BCUT2D eigenvalue weighted by Gasteiger charge is 2.24. The lowest BCUT2D eigenvalue weighted by Crippen LogP contribution is -2.37. The zero-order chi connectivity index (χ0) is 10.7. The van der Waals surface area contributed by atoms with Crippen LogP contribution in [0.15, 0.2) is 6.33 Å². The summed E-state index contributed by atoms with van der Waals surface area (Å²) in [5.74, 6) is 0.995. The van der Waals surface area contributed by atoms with E-state index >= 15 is 0 Å². The quantitative estimate of drug-likeness (QED) is 0.805.